The second-order valence-corrected chi connectivity index (χ2v) is 8.58. The zero-order valence-corrected chi connectivity index (χ0v) is 19.5. The molecule has 0 spiro atoms. The summed E-state index contributed by atoms with van der Waals surface area (Å²) in [7, 11) is 0. The van der Waals surface area contributed by atoms with Crippen molar-refractivity contribution >= 4 is 34.3 Å². The van der Waals surface area contributed by atoms with Crippen LogP contribution in [0.5, 0.6) is 0 Å². The van der Waals surface area contributed by atoms with E-state index in [2.05, 4.69) is 33.4 Å². The molecular formula is C24H25N5O3S. The lowest BCUT2D eigenvalue weighted by Crippen LogP contribution is -2.15. The SMILES string of the molecule is CCOC(=O)c1c(C)[nH]c(C(=O)CSc2nnc(Cc3cccc4ccccc34)n2N)c1C. The second-order valence-electron chi connectivity index (χ2n) is 7.64. The van der Waals surface area contributed by atoms with Crippen molar-refractivity contribution < 1.29 is 14.3 Å². The molecule has 8 nitrogen and oxygen atoms in total. The smallest absolute Gasteiger partial charge is 0.340 e. The lowest BCUT2D eigenvalue weighted by atomic mass is 10.0. The van der Waals surface area contributed by atoms with Gasteiger partial charge in [-0.25, -0.2) is 9.47 Å². The quantitative estimate of drug-likeness (QED) is 0.177. The van der Waals surface area contributed by atoms with Crippen molar-refractivity contribution in [3.63, 3.8) is 0 Å². The zero-order valence-electron chi connectivity index (χ0n) is 18.7. The van der Waals surface area contributed by atoms with Gasteiger partial charge in [-0.1, -0.05) is 54.2 Å². The van der Waals surface area contributed by atoms with Gasteiger partial charge in [-0.15, -0.1) is 10.2 Å². The molecule has 2 aromatic heterocycles. The van der Waals surface area contributed by atoms with Crippen LogP contribution in [0, 0.1) is 13.8 Å². The highest BCUT2D eigenvalue weighted by atomic mass is 32.2. The van der Waals surface area contributed by atoms with Gasteiger partial charge >= 0.3 is 5.97 Å². The molecule has 2 heterocycles. The summed E-state index contributed by atoms with van der Waals surface area (Å²) >= 11 is 1.21. The minimum atomic E-state index is -0.435. The van der Waals surface area contributed by atoms with E-state index in [9.17, 15) is 9.59 Å². The molecule has 4 rings (SSSR count). The number of nitrogens with one attached hydrogen (secondary N) is 1. The summed E-state index contributed by atoms with van der Waals surface area (Å²) < 4.78 is 6.52. The number of ether oxygens (including phenoxy) is 1. The number of benzene rings is 2. The van der Waals surface area contributed by atoms with Gasteiger partial charge in [-0.3, -0.25) is 4.79 Å². The van der Waals surface area contributed by atoms with Crippen molar-refractivity contribution in [2.75, 3.05) is 18.2 Å². The van der Waals surface area contributed by atoms with Crippen LogP contribution in [0.2, 0.25) is 0 Å². The van der Waals surface area contributed by atoms with Crippen molar-refractivity contribution in [3.8, 4) is 0 Å². The van der Waals surface area contributed by atoms with Crippen molar-refractivity contribution in [2.24, 2.45) is 0 Å². The third-order valence-corrected chi connectivity index (χ3v) is 6.43. The van der Waals surface area contributed by atoms with Crippen LogP contribution in [0.1, 0.15) is 50.4 Å². The van der Waals surface area contributed by atoms with Crippen LogP contribution in [-0.2, 0) is 11.2 Å². The maximum atomic E-state index is 12.8. The standard InChI is InChI=1S/C24H25N5O3S/c1-4-32-23(31)21-14(2)22(26-15(21)3)19(30)13-33-24-28-27-20(29(24)25)12-17-10-7-9-16-8-5-6-11-18(16)17/h5-11,26H,4,12-13,25H2,1-3H3. The normalized spacial score (nSPS) is 11.1. The monoisotopic (exact) mass is 463 g/mol. The number of aryl methyl sites for hydroxylation is 1. The van der Waals surface area contributed by atoms with E-state index in [4.69, 9.17) is 10.6 Å². The lowest BCUT2D eigenvalue weighted by molar-refractivity contribution is 0.0525. The minimum absolute atomic E-state index is 0.104. The first-order valence-corrected chi connectivity index (χ1v) is 11.6. The van der Waals surface area contributed by atoms with Gasteiger partial charge in [0, 0.05) is 12.1 Å². The van der Waals surface area contributed by atoms with E-state index in [1.54, 1.807) is 20.8 Å². The van der Waals surface area contributed by atoms with Crippen molar-refractivity contribution in [1.82, 2.24) is 19.9 Å². The van der Waals surface area contributed by atoms with Gasteiger partial charge < -0.3 is 15.6 Å². The summed E-state index contributed by atoms with van der Waals surface area (Å²) in [6, 6.07) is 14.3. The molecule has 0 fully saturated rings. The van der Waals surface area contributed by atoms with E-state index in [0.717, 1.165) is 16.3 Å². The van der Waals surface area contributed by atoms with Crippen LogP contribution in [0.25, 0.3) is 10.8 Å². The molecule has 9 heteroatoms. The molecule has 0 aliphatic heterocycles. The molecule has 0 radical (unpaired) electrons. The van der Waals surface area contributed by atoms with Gasteiger partial charge in [0.1, 0.15) is 0 Å². The second kappa shape index (κ2) is 9.50. The van der Waals surface area contributed by atoms with Crippen LogP contribution in [-0.4, -0.2) is 44.0 Å². The number of aromatic nitrogens is 4. The molecule has 33 heavy (non-hydrogen) atoms. The number of hydrogen-bond donors (Lipinski definition) is 2. The van der Waals surface area contributed by atoms with E-state index in [0.29, 0.717) is 39.9 Å². The first-order chi connectivity index (χ1) is 15.9. The molecule has 0 amide bonds. The number of Topliss-reactive ketones (excluding diaryl/α,β-unsaturated/α-hetero) is 1. The molecule has 0 bridgehead atoms. The number of nitrogen functional groups attached to an aromatic ring is 1. The van der Waals surface area contributed by atoms with E-state index in [-0.39, 0.29) is 18.1 Å². The van der Waals surface area contributed by atoms with E-state index in [1.807, 2.05) is 24.3 Å². The van der Waals surface area contributed by atoms with Gasteiger partial charge in [0.05, 0.1) is 23.6 Å². The first kappa shape index (κ1) is 22.6. The average molecular weight is 464 g/mol. The van der Waals surface area contributed by atoms with Gasteiger partial charge in [-0.05, 0) is 42.7 Å². The Hall–Kier alpha value is -3.59. The highest BCUT2D eigenvalue weighted by Crippen LogP contribution is 2.24. The maximum Gasteiger partial charge on any atom is 0.340 e. The van der Waals surface area contributed by atoms with Gasteiger partial charge in [0.25, 0.3) is 0 Å². The molecule has 0 aliphatic rings. The molecule has 2 aromatic carbocycles. The van der Waals surface area contributed by atoms with Crippen molar-refractivity contribution in [1.29, 1.82) is 0 Å². The Morgan fingerprint density at radius 1 is 1.12 bits per heavy atom. The molecule has 170 valence electrons. The number of nitrogens with two attached hydrogens (primary N) is 1. The number of aromatic amines is 1. The van der Waals surface area contributed by atoms with Gasteiger partial charge in [-0.2, -0.15) is 0 Å². The fourth-order valence-electron chi connectivity index (χ4n) is 3.88. The fourth-order valence-corrected chi connectivity index (χ4v) is 4.63. The summed E-state index contributed by atoms with van der Waals surface area (Å²) in [5.74, 6) is 6.36. The van der Waals surface area contributed by atoms with Gasteiger partial charge in [0.2, 0.25) is 5.16 Å². The lowest BCUT2D eigenvalue weighted by Gasteiger charge is -2.07. The summed E-state index contributed by atoms with van der Waals surface area (Å²) in [6.45, 7) is 5.51. The Labute approximate surface area is 195 Å². The van der Waals surface area contributed by atoms with E-state index >= 15 is 0 Å². The number of carbonyl (C=O) groups is 2. The van der Waals surface area contributed by atoms with Crippen molar-refractivity contribution in [2.45, 2.75) is 32.3 Å². The average Bonchev–Trinajstić information content (AvgIpc) is 3.30. The number of hydrogen-bond acceptors (Lipinski definition) is 7. The summed E-state index contributed by atoms with van der Waals surface area (Å²) in [6.07, 6.45) is 0.525. The van der Waals surface area contributed by atoms with Crippen molar-refractivity contribution in [3.05, 3.63) is 76.4 Å². The van der Waals surface area contributed by atoms with E-state index in [1.165, 1.54) is 16.4 Å². The molecule has 0 unspecified atom stereocenters. The zero-order chi connectivity index (χ0) is 23.5. The van der Waals surface area contributed by atoms with Gasteiger partial charge in [0.15, 0.2) is 11.6 Å². The minimum Gasteiger partial charge on any atom is -0.462 e. The number of carbonyl (C=O) groups excluding carboxylic acids is 2. The first-order valence-electron chi connectivity index (χ1n) is 10.6. The van der Waals surface area contributed by atoms with Crippen LogP contribution >= 0.6 is 11.8 Å². The molecular weight excluding hydrogens is 438 g/mol. The number of rotatable bonds is 8. The Morgan fingerprint density at radius 2 is 1.88 bits per heavy atom. The highest BCUT2D eigenvalue weighted by molar-refractivity contribution is 7.99. The number of nitrogens with zero attached hydrogens (tertiary/aromatic N) is 3. The summed E-state index contributed by atoms with van der Waals surface area (Å²) in [4.78, 5) is 28.0. The van der Waals surface area contributed by atoms with Crippen LogP contribution in [0.15, 0.2) is 47.6 Å². The van der Waals surface area contributed by atoms with Crippen LogP contribution < -0.4 is 5.84 Å². The van der Waals surface area contributed by atoms with E-state index < -0.39 is 5.97 Å². The molecule has 0 atom stereocenters. The predicted molar refractivity (Wildman–Crippen MR) is 128 cm³/mol. The molecule has 3 N–H and O–H groups in total. The Kier molecular flexibility index (Phi) is 6.50. The van der Waals surface area contributed by atoms with Crippen LogP contribution in [0.4, 0.5) is 0 Å². The number of thioether (sulfide) groups is 1. The largest absolute Gasteiger partial charge is 0.462 e. The Balaban J connectivity index is 1.48. The molecule has 0 saturated heterocycles. The fraction of sp³-hybridized carbons (Fsp3) is 0.250. The van der Waals surface area contributed by atoms with Crippen LogP contribution in [0.3, 0.4) is 0 Å². The number of esters is 1. The molecule has 0 saturated carbocycles. The number of fused-ring (bicyclic) bond motifs is 1. The third-order valence-electron chi connectivity index (χ3n) is 5.49. The third kappa shape index (κ3) is 4.49. The topological polar surface area (TPSA) is 116 Å². The predicted octanol–water partition coefficient (Wildman–Crippen LogP) is 3.83. The Bertz CT molecular complexity index is 1340. The number of H-pyrrole nitrogens is 1. The maximum absolute atomic E-state index is 12.8. The Morgan fingerprint density at radius 3 is 2.67 bits per heavy atom. The number of ketones is 1. The summed E-state index contributed by atoms with van der Waals surface area (Å²) in [5.41, 5.74) is 3.09. The molecule has 4 aromatic rings. The summed E-state index contributed by atoms with van der Waals surface area (Å²) in [5, 5.41) is 11.1. The molecule has 0 aliphatic carbocycles. The highest BCUT2D eigenvalue weighted by Gasteiger charge is 2.23.